The molecule has 0 saturated heterocycles. The number of carbonyl (C=O) groups excluding carboxylic acids is 1. The van der Waals surface area contributed by atoms with Crippen LogP contribution >= 0.6 is 0 Å². The number of halogens is 4. The highest BCUT2D eigenvalue weighted by Crippen LogP contribution is 2.36. The molecule has 21 heavy (non-hydrogen) atoms. The number of benzene rings is 1. The third-order valence-electron chi connectivity index (χ3n) is 2.81. The van der Waals surface area contributed by atoms with Crippen molar-refractivity contribution < 1.29 is 27.5 Å². The molecule has 0 radical (unpaired) electrons. The molecule has 0 bridgehead atoms. The normalized spacial score (nSPS) is 14.9. The Morgan fingerprint density at radius 3 is 2.43 bits per heavy atom. The lowest BCUT2D eigenvalue weighted by Gasteiger charge is -2.30. The first-order valence-corrected chi connectivity index (χ1v) is 6.13. The van der Waals surface area contributed by atoms with Crippen molar-refractivity contribution in [2.75, 3.05) is 11.1 Å². The first-order valence-electron chi connectivity index (χ1n) is 6.13. The fraction of sp³-hybridized carbons (Fsp3) is 0.462. The molecule has 4 N–H and O–H groups in total. The van der Waals surface area contributed by atoms with Crippen molar-refractivity contribution in [3.8, 4) is 0 Å². The molecule has 0 heterocycles. The molecule has 1 amide bonds. The second-order valence-corrected chi connectivity index (χ2v) is 5.14. The highest BCUT2D eigenvalue weighted by molar-refractivity contribution is 5.99. The zero-order valence-electron chi connectivity index (χ0n) is 11.5. The molecular formula is C13H16F4N2O2. The van der Waals surface area contributed by atoms with Gasteiger partial charge in [-0.2, -0.15) is 13.2 Å². The molecule has 1 atom stereocenters. The van der Waals surface area contributed by atoms with Gasteiger partial charge in [0.25, 0.3) is 5.91 Å². The van der Waals surface area contributed by atoms with Crippen molar-refractivity contribution in [3.63, 3.8) is 0 Å². The van der Waals surface area contributed by atoms with Crippen LogP contribution in [0.1, 0.15) is 20.3 Å². The summed E-state index contributed by atoms with van der Waals surface area (Å²) in [7, 11) is 0. The fourth-order valence-electron chi connectivity index (χ4n) is 1.79. The van der Waals surface area contributed by atoms with Gasteiger partial charge in [-0.1, -0.05) is 13.8 Å². The number of nitrogens with two attached hydrogens (primary N) is 1. The largest absolute Gasteiger partial charge is 0.426 e. The zero-order chi connectivity index (χ0) is 16.4. The second kappa shape index (κ2) is 5.88. The number of nitrogens with one attached hydrogen (secondary N) is 1. The summed E-state index contributed by atoms with van der Waals surface area (Å²) in [4.78, 5) is 11.8. The first kappa shape index (κ1) is 17.2. The summed E-state index contributed by atoms with van der Waals surface area (Å²) in [6, 6.07) is 2.87. The van der Waals surface area contributed by atoms with Gasteiger partial charge >= 0.3 is 6.18 Å². The smallest absolute Gasteiger partial charge is 0.397 e. The molecule has 1 rings (SSSR count). The van der Waals surface area contributed by atoms with Crippen molar-refractivity contribution in [2.45, 2.75) is 32.0 Å². The van der Waals surface area contributed by atoms with E-state index < -0.39 is 35.8 Å². The Labute approximate surface area is 118 Å². The van der Waals surface area contributed by atoms with E-state index >= 15 is 0 Å². The summed E-state index contributed by atoms with van der Waals surface area (Å²) in [6.07, 6.45) is -5.99. The number of carbonyl (C=O) groups is 1. The van der Waals surface area contributed by atoms with Gasteiger partial charge in [-0.15, -0.1) is 0 Å². The van der Waals surface area contributed by atoms with Gasteiger partial charge in [0, 0.05) is 0 Å². The third kappa shape index (κ3) is 3.84. The maximum atomic E-state index is 13.0. The molecule has 0 fully saturated rings. The topological polar surface area (TPSA) is 75.3 Å². The Hall–Kier alpha value is -1.83. The van der Waals surface area contributed by atoms with Crippen LogP contribution in [0.15, 0.2) is 18.2 Å². The SMILES string of the molecule is CC(C)CC(O)(C(=O)Nc1cc(F)ccc1N)C(F)(F)F. The van der Waals surface area contributed by atoms with Gasteiger partial charge < -0.3 is 16.2 Å². The minimum Gasteiger partial charge on any atom is -0.397 e. The van der Waals surface area contributed by atoms with E-state index in [4.69, 9.17) is 5.73 Å². The number of alkyl halides is 3. The fourth-order valence-corrected chi connectivity index (χ4v) is 1.79. The number of amides is 1. The Balaban J connectivity index is 3.10. The summed E-state index contributed by atoms with van der Waals surface area (Å²) in [5.41, 5.74) is 1.44. The lowest BCUT2D eigenvalue weighted by molar-refractivity contribution is -0.253. The zero-order valence-corrected chi connectivity index (χ0v) is 11.5. The number of aliphatic hydroxyl groups is 1. The number of rotatable bonds is 4. The van der Waals surface area contributed by atoms with Gasteiger partial charge in [-0.25, -0.2) is 4.39 Å². The minimum absolute atomic E-state index is 0.112. The Bertz CT molecular complexity index is 531. The molecule has 0 aliphatic rings. The van der Waals surface area contributed by atoms with Gasteiger partial charge in [0.05, 0.1) is 11.4 Å². The molecule has 0 spiro atoms. The predicted octanol–water partition coefficient (Wildman–Crippen LogP) is 2.69. The monoisotopic (exact) mass is 308 g/mol. The lowest BCUT2D eigenvalue weighted by atomic mass is 9.90. The molecule has 0 aliphatic heterocycles. The molecule has 118 valence electrons. The van der Waals surface area contributed by atoms with Crippen LogP contribution in [0.3, 0.4) is 0 Å². The molecule has 8 heteroatoms. The van der Waals surface area contributed by atoms with E-state index in [0.717, 1.165) is 18.2 Å². The summed E-state index contributed by atoms with van der Waals surface area (Å²) in [6.45, 7) is 2.86. The van der Waals surface area contributed by atoms with Crippen LogP contribution in [0.4, 0.5) is 28.9 Å². The molecule has 0 aliphatic carbocycles. The van der Waals surface area contributed by atoms with E-state index in [1.807, 2.05) is 5.32 Å². The van der Waals surface area contributed by atoms with Crippen LogP contribution in [0, 0.1) is 11.7 Å². The van der Waals surface area contributed by atoms with Gasteiger partial charge in [0.1, 0.15) is 5.82 Å². The number of hydrogen-bond acceptors (Lipinski definition) is 3. The molecule has 1 aromatic carbocycles. The third-order valence-corrected chi connectivity index (χ3v) is 2.81. The number of anilines is 2. The minimum atomic E-state index is -5.16. The Kier molecular flexibility index (Phi) is 4.83. The highest BCUT2D eigenvalue weighted by Gasteiger charge is 2.59. The Morgan fingerprint density at radius 2 is 1.95 bits per heavy atom. The summed E-state index contributed by atoms with van der Waals surface area (Å²) < 4.78 is 52.0. The van der Waals surface area contributed by atoms with Gasteiger partial charge in [-0.05, 0) is 30.5 Å². The van der Waals surface area contributed by atoms with Gasteiger partial charge in [-0.3, -0.25) is 4.79 Å². The van der Waals surface area contributed by atoms with E-state index in [-0.39, 0.29) is 11.4 Å². The van der Waals surface area contributed by atoms with Crippen LogP contribution < -0.4 is 11.1 Å². The quantitative estimate of drug-likeness (QED) is 0.591. The first-order chi connectivity index (χ1) is 9.47. The molecule has 0 saturated carbocycles. The highest BCUT2D eigenvalue weighted by atomic mass is 19.4. The Morgan fingerprint density at radius 1 is 1.38 bits per heavy atom. The second-order valence-electron chi connectivity index (χ2n) is 5.14. The maximum Gasteiger partial charge on any atom is 0.426 e. The van der Waals surface area contributed by atoms with E-state index in [1.54, 1.807) is 0 Å². The van der Waals surface area contributed by atoms with Crippen LogP contribution in [0.2, 0.25) is 0 Å². The van der Waals surface area contributed by atoms with Crippen LogP contribution in [-0.4, -0.2) is 22.8 Å². The summed E-state index contributed by atoms with van der Waals surface area (Å²) >= 11 is 0. The number of nitrogen functional groups attached to an aromatic ring is 1. The van der Waals surface area contributed by atoms with E-state index in [9.17, 15) is 27.5 Å². The summed E-state index contributed by atoms with van der Waals surface area (Å²) in [5, 5.41) is 11.6. The van der Waals surface area contributed by atoms with Crippen LogP contribution in [-0.2, 0) is 4.79 Å². The number of hydrogen-bond donors (Lipinski definition) is 3. The maximum absolute atomic E-state index is 13.0. The molecule has 1 unspecified atom stereocenters. The van der Waals surface area contributed by atoms with E-state index in [2.05, 4.69) is 0 Å². The van der Waals surface area contributed by atoms with Crippen molar-refractivity contribution in [2.24, 2.45) is 5.92 Å². The van der Waals surface area contributed by atoms with Crippen molar-refractivity contribution >= 4 is 17.3 Å². The molecule has 4 nitrogen and oxygen atoms in total. The molecular weight excluding hydrogens is 292 g/mol. The lowest BCUT2D eigenvalue weighted by Crippen LogP contribution is -2.55. The van der Waals surface area contributed by atoms with Crippen LogP contribution in [0.25, 0.3) is 0 Å². The van der Waals surface area contributed by atoms with E-state index in [0.29, 0.717) is 0 Å². The van der Waals surface area contributed by atoms with Crippen molar-refractivity contribution in [1.29, 1.82) is 0 Å². The van der Waals surface area contributed by atoms with Crippen molar-refractivity contribution in [1.82, 2.24) is 0 Å². The average molecular weight is 308 g/mol. The average Bonchev–Trinajstić information content (AvgIpc) is 2.31. The molecule has 1 aromatic rings. The standard InChI is InChI=1S/C13H16F4N2O2/c1-7(2)6-12(21,13(15,16)17)11(20)19-10-5-8(14)3-4-9(10)18/h3-5,7,21H,6,18H2,1-2H3,(H,19,20). The van der Waals surface area contributed by atoms with Gasteiger partial charge in [0.2, 0.25) is 5.60 Å². The molecule has 0 aromatic heterocycles. The van der Waals surface area contributed by atoms with E-state index in [1.165, 1.54) is 13.8 Å². The van der Waals surface area contributed by atoms with Crippen molar-refractivity contribution in [3.05, 3.63) is 24.0 Å². The van der Waals surface area contributed by atoms with Gasteiger partial charge in [0.15, 0.2) is 0 Å². The summed E-state index contributed by atoms with van der Waals surface area (Å²) in [5.74, 6) is -3.06. The predicted molar refractivity (Wildman–Crippen MR) is 69.9 cm³/mol. The van der Waals surface area contributed by atoms with Crippen LogP contribution in [0.5, 0.6) is 0 Å².